The quantitative estimate of drug-likeness (QED) is 0.434. The lowest BCUT2D eigenvalue weighted by Crippen LogP contribution is -2.41. The lowest BCUT2D eigenvalue weighted by atomic mass is 9.79. The Morgan fingerprint density at radius 3 is 2.82 bits per heavy atom. The van der Waals surface area contributed by atoms with Gasteiger partial charge in [-0.2, -0.15) is 0 Å². The summed E-state index contributed by atoms with van der Waals surface area (Å²) in [4.78, 5) is 34.9. The van der Waals surface area contributed by atoms with E-state index in [1.807, 2.05) is 6.92 Å². The summed E-state index contributed by atoms with van der Waals surface area (Å²) in [5.41, 5.74) is 0.105. The molecule has 5 unspecified atom stereocenters. The van der Waals surface area contributed by atoms with Crippen molar-refractivity contribution in [3.8, 4) is 0 Å². The average Bonchev–Trinajstić information content (AvgIpc) is 2.98. The zero-order valence-electron chi connectivity index (χ0n) is 12.8. The Morgan fingerprint density at radius 2 is 2.14 bits per heavy atom. The van der Waals surface area contributed by atoms with Gasteiger partial charge in [-0.25, -0.2) is 4.79 Å². The van der Waals surface area contributed by atoms with E-state index in [4.69, 9.17) is 14.2 Å². The Kier molecular flexibility index (Phi) is 3.50. The van der Waals surface area contributed by atoms with Crippen LogP contribution in [0.1, 0.15) is 33.1 Å². The van der Waals surface area contributed by atoms with Crippen molar-refractivity contribution in [2.75, 3.05) is 6.61 Å². The van der Waals surface area contributed by atoms with Crippen LogP contribution in [0.3, 0.4) is 0 Å². The van der Waals surface area contributed by atoms with E-state index >= 15 is 0 Å². The van der Waals surface area contributed by atoms with Crippen molar-refractivity contribution in [2.45, 2.75) is 45.3 Å². The highest BCUT2D eigenvalue weighted by atomic mass is 16.6. The summed E-state index contributed by atoms with van der Waals surface area (Å²) < 4.78 is 15.8. The van der Waals surface area contributed by atoms with E-state index in [0.717, 1.165) is 12.8 Å². The van der Waals surface area contributed by atoms with Crippen LogP contribution >= 0.6 is 0 Å². The van der Waals surface area contributed by atoms with Crippen molar-refractivity contribution in [1.82, 2.24) is 0 Å². The first-order chi connectivity index (χ1) is 10.3. The summed E-state index contributed by atoms with van der Waals surface area (Å²) in [6.07, 6.45) is 0.870. The minimum absolute atomic E-state index is 0.0135. The van der Waals surface area contributed by atoms with Crippen LogP contribution < -0.4 is 0 Å². The molecule has 0 aromatic carbocycles. The van der Waals surface area contributed by atoms with Gasteiger partial charge in [0, 0.05) is 16.9 Å². The van der Waals surface area contributed by atoms with Crippen molar-refractivity contribution >= 4 is 17.9 Å². The smallest absolute Gasteiger partial charge is 0.333 e. The summed E-state index contributed by atoms with van der Waals surface area (Å²) in [6.45, 7) is 7.01. The van der Waals surface area contributed by atoms with Crippen LogP contribution in [0.2, 0.25) is 0 Å². The second-order valence-electron chi connectivity index (χ2n) is 6.81. The van der Waals surface area contributed by atoms with Gasteiger partial charge in [-0.3, -0.25) is 9.59 Å². The molecule has 120 valence electrons. The summed E-state index contributed by atoms with van der Waals surface area (Å²) in [5, 5.41) is 0. The van der Waals surface area contributed by atoms with E-state index in [0.29, 0.717) is 0 Å². The van der Waals surface area contributed by atoms with Crippen LogP contribution in [-0.2, 0) is 28.6 Å². The van der Waals surface area contributed by atoms with Crippen LogP contribution in [0.15, 0.2) is 12.2 Å². The zero-order chi connectivity index (χ0) is 16.1. The van der Waals surface area contributed by atoms with Crippen molar-refractivity contribution in [3.63, 3.8) is 0 Å². The number of hydrogen-bond donors (Lipinski definition) is 0. The first-order valence-corrected chi connectivity index (χ1v) is 7.54. The molecule has 0 amide bonds. The molecule has 6 heteroatoms. The third-order valence-electron chi connectivity index (χ3n) is 5.01. The summed E-state index contributed by atoms with van der Waals surface area (Å²) in [7, 11) is 0. The molecule has 2 aliphatic carbocycles. The molecule has 0 spiro atoms. The van der Waals surface area contributed by atoms with E-state index < -0.39 is 11.9 Å². The molecule has 5 atom stereocenters. The Morgan fingerprint density at radius 1 is 1.41 bits per heavy atom. The van der Waals surface area contributed by atoms with Gasteiger partial charge in [-0.1, -0.05) is 13.5 Å². The third kappa shape index (κ3) is 2.30. The predicted molar refractivity (Wildman–Crippen MR) is 74.5 cm³/mol. The summed E-state index contributed by atoms with van der Waals surface area (Å²) in [6, 6.07) is 0. The van der Waals surface area contributed by atoms with E-state index in [2.05, 4.69) is 6.58 Å². The maximum Gasteiger partial charge on any atom is 0.333 e. The van der Waals surface area contributed by atoms with E-state index in [-0.39, 0.29) is 54.0 Å². The molecule has 0 N–H and O–H groups in total. The molecular weight excluding hydrogens is 288 g/mol. The summed E-state index contributed by atoms with van der Waals surface area (Å²) in [5.74, 6) is -0.967. The normalized spacial score (nSPS) is 37.8. The highest BCUT2D eigenvalue weighted by Gasteiger charge is 2.68. The largest absolute Gasteiger partial charge is 0.462 e. The molecule has 2 saturated carbocycles. The van der Waals surface area contributed by atoms with Gasteiger partial charge in [0.25, 0.3) is 0 Å². The molecule has 22 heavy (non-hydrogen) atoms. The lowest BCUT2D eigenvalue weighted by Gasteiger charge is -2.32. The molecule has 1 heterocycles. The van der Waals surface area contributed by atoms with Gasteiger partial charge in [-0.05, 0) is 19.8 Å². The number of carbonyl (C=O) groups excluding carboxylic acids is 3. The van der Waals surface area contributed by atoms with Crippen molar-refractivity contribution in [2.24, 2.45) is 17.3 Å². The van der Waals surface area contributed by atoms with Crippen molar-refractivity contribution in [1.29, 1.82) is 0 Å². The maximum absolute atomic E-state index is 11.9. The fourth-order valence-corrected chi connectivity index (χ4v) is 4.01. The van der Waals surface area contributed by atoms with E-state index in [9.17, 15) is 14.4 Å². The molecule has 6 nitrogen and oxygen atoms in total. The highest BCUT2D eigenvalue weighted by molar-refractivity contribution is 5.87. The number of esters is 3. The second kappa shape index (κ2) is 5.11. The first-order valence-electron chi connectivity index (χ1n) is 7.54. The van der Waals surface area contributed by atoms with Gasteiger partial charge in [-0.15, -0.1) is 0 Å². The number of carbonyl (C=O) groups is 3. The van der Waals surface area contributed by atoms with Crippen molar-refractivity contribution < 1.29 is 28.6 Å². The van der Waals surface area contributed by atoms with Crippen molar-refractivity contribution in [3.05, 3.63) is 12.2 Å². The molecule has 3 rings (SSSR count). The maximum atomic E-state index is 11.9. The minimum Gasteiger partial charge on any atom is -0.462 e. The molecule has 0 aromatic rings. The second-order valence-corrected chi connectivity index (χ2v) is 6.81. The Balaban J connectivity index is 1.53. The summed E-state index contributed by atoms with van der Waals surface area (Å²) >= 11 is 0. The SMILES string of the molecule is C=C(C)C(=O)OCCC(=O)OC1C2OC(=O)C3CC1(C)CC32. The lowest BCUT2D eigenvalue weighted by molar-refractivity contribution is -0.167. The number of rotatable bonds is 5. The molecule has 3 aliphatic rings. The van der Waals surface area contributed by atoms with Gasteiger partial charge in [0.1, 0.15) is 18.8 Å². The average molecular weight is 308 g/mol. The zero-order valence-corrected chi connectivity index (χ0v) is 12.8. The Bertz CT molecular complexity index is 553. The van der Waals surface area contributed by atoms with Gasteiger partial charge in [0.15, 0.2) is 0 Å². The third-order valence-corrected chi connectivity index (χ3v) is 5.01. The molecule has 3 fully saturated rings. The Hall–Kier alpha value is -1.85. The van der Waals surface area contributed by atoms with Crippen LogP contribution in [0.4, 0.5) is 0 Å². The van der Waals surface area contributed by atoms with Gasteiger partial charge in [0.2, 0.25) is 0 Å². The van der Waals surface area contributed by atoms with Gasteiger partial charge >= 0.3 is 17.9 Å². The fraction of sp³-hybridized carbons (Fsp3) is 0.688. The number of fused-ring (bicyclic) bond motifs is 1. The molecule has 1 aliphatic heterocycles. The van der Waals surface area contributed by atoms with Crippen LogP contribution in [0.5, 0.6) is 0 Å². The number of ether oxygens (including phenoxy) is 3. The standard InChI is InChI=1S/C16H20O6/c1-8(2)14(18)20-5-4-11(17)21-13-12-9-6-16(13,3)7-10(9)15(19)22-12/h9-10,12-13H,1,4-7H2,2-3H3. The highest BCUT2D eigenvalue weighted by Crippen LogP contribution is 2.62. The monoisotopic (exact) mass is 308 g/mol. The molecular formula is C16H20O6. The Labute approximate surface area is 128 Å². The van der Waals surface area contributed by atoms with Crippen LogP contribution in [0, 0.1) is 17.3 Å². The van der Waals surface area contributed by atoms with E-state index in [1.54, 1.807) is 6.92 Å². The topological polar surface area (TPSA) is 78.9 Å². The fourth-order valence-electron chi connectivity index (χ4n) is 4.01. The molecule has 0 aromatic heterocycles. The number of hydrogen-bond acceptors (Lipinski definition) is 6. The molecule has 2 bridgehead atoms. The van der Waals surface area contributed by atoms with Crippen LogP contribution in [0.25, 0.3) is 0 Å². The predicted octanol–water partition coefficient (Wildman–Crippen LogP) is 1.38. The van der Waals surface area contributed by atoms with Crippen LogP contribution in [-0.4, -0.2) is 36.7 Å². The minimum atomic E-state index is -0.521. The van der Waals surface area contributed by atoms with E-state index in [1.165, 1.54) is 0 Å². The molecule has 0 radical (unpaired) electrons. The molecule has 1 saturated heterocycles. The van der Waals surface area contributed by atoms with Gasteiger partial charge < -0.3 is 14.2 Å². The first kappa shape index (κ1) is 15.1. The van der Waals surface area contributed by atoms with Gasteiger partial charge in [0.05, 0.1) is 12.3 Å².